The van der Waals surface area contributed by atoms with Gasteiger partial charge in [0.25, 0.3) is 5.91 Å². The van der Waals surface area contributed by atoms with Gasteiger partial charge in [-0.25, -0.2) is 0 Å². The lowest BCUT2D eigenvalue weighted by atomic mass is 9.86. The Bertz CT molecular complexity index is 961. The molecule has 0 radical (unpaired) electrons. The van der Waals surface area contributed by atoms with Gasteiger partial charge in [-0.3, -0.25) is 4.79 Å². The van der Waals surface area contributed by atoms with Crippen LogP contribution >= 0.6 is 11.8 Å². The Kier molecular flexibility index (Phi) is 7.80. The van der Waals surface area contributed by atoms with Crippen molar-refractivity contribution in [3.63, 3.8) is 0 Å². The van der Waals surface area contributed by atoms with Gasteiger partial charge in [0.05, 0.1) is 12.6 Å². The summed E-state index contributed by atoms with van der Waals surface area (Å²) in [7, 11) is 0. The standard InChI is InChI=1S/C27H31NO2S/c1-20(21-10-14-23(15-11-21)27(2,3)4)28-26(29)22-12-16-24(17-13-22)30-18-19-31-25-8-6-5-7-9-25/h5-17,20H,18-19H2,1-4H3,(H,28,29)/t20-/m1/s1. The zero-order valence-electron chi connectivity index (χ0n) is 18.7. The van der Waals surface area contributed by atoms with Crippen molar-refractivity contribution in [1.29, 1.82) is 0 Å². The molecule has 4 heteroatoms. The van der Waals surface area contributed by atoms with E-state index >= 15 is 0 Å². The minimum Gasteiger partial charge on any atom is -0.493 e. The Morgan fingerprint density at radius 1 is 0.935 bits per heavy atom. The fraction of sp³-hybridized carbons (Fsp3) is 0.296. The number of carbonyl (C=O) groups is 1. The largest absolute Gasteiger partial charge is 0.493 e. The molecule has 0 aromatic heterocycles. The molecule has 0 saturated carbocycles. The second-order valence-corrected chi connectivity index (χ2v) is 9.77. The molecule has 0 fully saturated rings. The zero-order chi connectivity index (χ0) is 22.3. The third-order valence-electron chi connectivity index (χ3n) is 5.10. The molecule has 1 N–H and O–H groups in total. The predicted molar refractivity (Wildman–Crippen MR) is 130 cm³/mol. The Morgan fingerprint density at radius 3 is 2.19 bits per heavy atom. The summed E-state index contributed by atoms with van der Waals surface area (Å²) in [6.45, 7) is 9.22. The number of nitrogens with one attached hydrogen (secondary N) is 1. The molecule has 0 aliphatic heterocycles. The van der Waals surface area contributed by atoms with Crippen LogP contribution in [-0.2, 0) is 5.41 Å². The van der Waals surface area contributed by atoms with Crippen LogP contribution in [0, 0.1) is 0 Å². The highest BCUT2D eigenvalue weighted by Crippen LogP contribution is 2.24. The summed E-state index contributed by atoms with van der Waals surface area (Å²) in [6, 6.07) is 26.0. The van der Waals surface area contributed by atoms with E-state index in [0.29, 0.717) is 12.2 Å². The molecule has 0 aliphatic rings. The maximum absolute atomic E-state index is 12.6. The molecular formula is C27H31NO2S. The van der Waals surface area contributed by atoms with Gasteiger partial charge in [0.1, 0.15) is 5.75 Å². The van der Waals surface area contributed by atoms with E-state index in [9.17, 15) is 4.79 Å². The summed E-state index contributed by atoms with van der Waals surface area (Å²) in [6.07, 6.45) is 0. The number of hydrogen-bond acceptors (Lipinski definition) is 3. The van der Waals surface area contributed by atoms with Crippen LogP contribution in [0.4, 0.5) is 0 Å². The molecule has 3 nitrogen and oxygen atoms in total. The van der Waals surface area contributed by atoms with Crippen molar-refractivity contribution in [3.05, 3.63) is 95.6 Å². The number of rotatable bonds is 8. The highest BCUT2D eigenvalue weighted by atomic mass is 32.2. The van der Waals surface area contributed by atoms with E-state index in [-0.39, 0.29) is 17.4 Å². The van der Waals surface area contributed by atoms with Crippen molar-refractivity contribution < 1.29 is 9.53 Å². The van der Waals surface area contributed by atoms with Crippen molar-refractivity contribution in [3.8, 4) is 5.75 Å². The molecule has 1 amide bonds. The fourth-order valence-corrected chi connectivity index (χ4v) is 3.93. The highest BCUT2D eigenvalue weighted by Gasteiger charge is 2.15. The first-order chi connectivity index (χ1) is 14.8. The molecule has 0 spiro atoms. The molecule has 0 saturated heterocycles. The SMILES string of the molecule is C[C@@H](NC(=O)c1ccc(OCCSc2ccccc2)cc1)c1ccc(C(C)(C)C)cc1. The van der Waals surface area contributed by atoms with Gasteiger partial charge in [0, 0.05) is 16.2 Å². The number of amides is 1. The van der Waals surface area contributed by atoms with Crippen LogP contribution in [0.1, 0.15) is 55.2 Å². The van der Waals surface area contributed by atoms with Gasteiger partial charge in [-0.1, -0.05) is 63.2 Å². The number of hydrogen-bond donors (Lipinski definition) is 1. The van der Waals surface area contributed by atoms with Crippen LogP contribution < -0.4 is 10.1 Å². The van der Waals surface area contributed by atoms with Gasteiger partial charge in [-0.2, -0.15) is 0 Å². The highest BCUT2D eigenvalue weighted by molar-refractivity contribution is 7.99. The van der Waals surface area contributed by atoms with E-state index < -0.39 is 0 Å². The number of carbonyl (C=O) groups excluding carboxylic acids is 1. The van der Waals surface area contributed by atoms with Gasteiger partial charge in [-0.15, -0.1) is 11.8 Å². The van der Waals surface area contributed by atoms with E-state index in [1.54, 1.807) is 11.8 Å². The molecular weight excluding hydrogens is 402 g/mol. The second-order valence-electron chi connectivity index (χ2n) is 8.60. The van der Waals surface area contributed by atoms with E-state index in [1.165, 1.54) is 10.5 Å². The Morgan fingerprint density at radius 2 is 1.58 bits per heavy atom. The molecule has 0 unspecified atom stereocenters. The van der Waals surface area contributed by atoms with Crippen LogP contribution in [0.2, 0.25) is 0 Å². The number of thioether (sulfide) groups is 1. The first-order valence-corrected chi connectivity index (χ1v) is 11.6. The average molecular weight is 434 g/mol. The van der Waals surface area contributed by atoms with Crippen molar-refractivity contribution in [1.82, 2.24) is 5.32 Å². The fourth-order valence-electron chi connectivity index (χ4n) is 3.17. The summed E-state index contributed by atoms with van der Waals surface area (Å²) in [5.41, 5.74) is 3.13. The molecule has 3 aromatic rings. The average Bonchev–Trinajstić information content (AvgIpc) is 2.77. The molecule has 162 valence electrons. The molecule has 0 bridgehead atoms. The Balaban J connectivity index is 1.48. The summed E-state index contributed by atoms with van der Waals surface area (Å²) >= 11 is 1.77. The van der Waals surface area contributed by atoms with Crippen LogP contribution in [-0.4, -0.2) is 18.3 Å². The maximum Gasteiger partial charge on any atom is 0.251 e. The smallest absolute Gasteiger partial charge is 0.251 e. The lowest BCUT2D eigenvalue weighted by Gasteiger charge is -2.20. The van der Waals surface area contributed by atoms with Crippen LogP contribution in [0.3, 0.4) is 0 Å². The predicted octanol–water partition coefficient (Wildman–Crippen LogP) is 6.65. The number of ether oxygens (including phenoxy) is 1. The van der Waals surface area contributed by atoms with Crippen LogP contribution in [0.5, 0.6) is 5.75 Å². The van der Waals surface area contributed by atoms with Crippen LogP contribution in [0.15, 0.2) is 83.8 Å². The Hall–Kier alpha value is -2.72. The van der Waals surface area contributed by atoms with E-state index in [0.717, 1.165) is 17.1 Å². The quantitative estimate of drug-likeness (QED) is 0.319. The topological polar surface area (TPSA) is 38.3 Å². The summed E-state index contributed by atoms with van der Waals surface area (Å²) in [5, 5.41) is 3.08. The van der Waals surface area contributed by atoms with Crippen molar-refractivity contribution in [2.24, 2.45) is 0 Å². The van der Waals surface area contributed by atoms with Gasteiger partial charge >= 0.3 is 0 Å². The first-order valence-electron chi connectivity index (χ1n) is 10.6. The first kappa shape index (κ1) is 23.0. The maximum atomic E-state index is 12.6. The lowest BCUT2D eigenvalue weighted by molar-refractivity contribution is 0.0940. The summed E-state index contributed by atoms with van der Waals surface area (Å²) < 4.78 is 5.80. The van der Waals surface area contributed by atoms with Gasteiger partial charge in [0.2, 0.25) is 0 Å². The normalized spacial score (nSPS) is 12.3. The summed E-state index contributed by atoms with van der Waals surface area (Å²) in [5.74, 6) is 1.56. The Labute approximate surface area is 190 Å². The zero-order valence-corrected chi connectivity index (χ0v) is 19.5. The van der Waals surface area contributed by atoms with Crippen molar-refractivity contribution >= 4 is 17.7 Å². The van der Waals surface area contributed by atoms with E-state index in [2.05, 4.69) is 62.5 Å². The summed E-state index contributed by atoms with van der Waals surface area (Å²) in [4.78, 5) is 13.9. The monoisotopic (exact) mass is 433 g/mol. The molecule has 31 heavy (non-hydrogen) atoms. The van der Waals surface area contributed by atoms with Gasteiger partial charge in [0.15, 0.2) is 0 Å². The van der Waals surface area contributed by atoms with Crippen molar-refractivity contribution in [2.75, 3.05) is 12.4 Å². The van der Waals surface area contributed by atoms with Gasteiger partial charge < -0.3 is 10.1 Å². The lowest BCUT2D eigenvalue weighted by Crippen LogP contribution is -2.26. The van der Waals surface area contributed by atoms with Crippen molar-refractivity contribution in [2.45, 2.75) is 44.0 Å². The molecule has 0 heterocycles. The molecule has 3 rings (SSSR count). The number of benzene rings is 3. The second kappa shape index (κ2) is 10.5. The molecule has 0 aliphatic carbocycles. The third-order valence-corrected chi connectivity index (χ3v) is 6.08. The third kappa shape index (κ3) is 6.90. The minimum atomic E-state index is -0.0846. The van der Waals surface area contributed by atoms with Crippen LogP contribution in [0.25, 0.3) is 0 Å². The molecule has 1 atom stereocenters. The minimum absolute atomic E-state index is 0.0625. The van der Waals surface area contributed by atoms with E-state index in [1.807, 2.05) is 49.4 Å². The molecule has 3 aromatic carbocycles. The van der Waals surface area contributed by atoms with E-state index in [4.69, 9.17) is 4.74 Å². The van der Waals surface area contributed by atoms with Gasteiger partial charge in [-0.05, 0) is 59.9 Å².